The molecule has 156 valence electrons. The number of hydrogen-bond donors (Lipinski definition) is 1. The van der Waals surface area contributed by atoms with Crippen molar-refractivity contribution in [1.29, 1.82) is 0 Å². The van der Waals surface area contributed by atoms with E-state index in [0.717, 1.165) is 18.6 Å². The van der Waals surface area contributed by atoms with Crippen LogP contribution < -0.4 is 5.56 Å². The number of allylic oxidation sites excluding steroid dienone is 1. The number of nitrogens with zero attached hydrogens (tertiary/aromatic N) is 4. The highest BCUT2D eigenvalue weighted by Crippen LogP contribution is 2.46. The fourth-order valence-electron chi connectivity index (χ4n) is 4.93. The van der Waals surface area contributed by atoms with Gasteiger partial charge in [-0.3, -0.25) is 4.79 Å². The number of ether oxygens (including phenoxy) is 1. The minimum Gasteiger partial charge on any atom is -0.473 e. The van der Waals surface area contributed by atoms with Crippen LogP contribution in [0, 0.1) is 5.92 Å². The van der Waals surface area contributed by atoms with Crippen LogP contribution in [0.15, 0.2) is 23.0 Å². The number of aromatic nitrogens is 4. The molecule has 0 saturated heterocycles. The van der Waals surface area contributed by atoms with Gasteiger partial charge in [-0.25, -0.2) is 18.4 Å². The van der Waals surface area contributed by atoms with E-state index in [-0.39, 0.29) is 42.5 Å². The minimum absolute atomic E-state index is 0.0553. The Morgan fingerprint density at radius 2 is 2.00 bits per heavy atom. The van der Waals surface area contributed by atoms with Crippen molar-refractivity contribution in [2.45, 2.75) is 69.6 Å². The quantitative estimate of drug-likeness (QED) is 0.846. The maximum atomic E-state index is 13.6. The van der Waals surface area contributed by atoms with Crippen molar-refractivity contribution in [3.05, 3.63) is 34.3 Å². The lowest BCUT2D eigenvalue weighted by atomic mass is 9.71. The van der Waals surface area contributed by atoms with Gasteiger partial charge in [-0.15, -0.1) is 0 Å². The molecule has 3 aliphatic rings. The Labute approximate surface area is 166 Å². The molecule has 3 heterocycles. The molecule has 2 aromatic rings. The van der Waals surface area contributed by atoms with E-state index in [1.165, 1.54) is 6.20 Å². The molecular formula is C20H25F2N5O2. The summed E-state index contributed by atoms with van der Waals surface area (Å²) in [5, 5.41) is 4.75. The molecule has 2 fully saturated rings. The normalized spacial score (nSPS) is 29.6. The van der Waals surface area contributed by atoms with Gasteiger partial charge < -0.3 is 14.6 Å². The van der Waals surface area contributed by atoms with Crippen molar-refractivity contribution >= 4 is 11.0 Å². The minimum atomic E-state index is -2.60. The molecule has 7 nitrogen and oxygen atoms in total. The number of nitrogens with one attached hydrogen (secondary N) is 1. The lowest BCUT2D eigenvalue weighted by Crippen LogP contribution is -2.42. The molecule has 29 heavy (non-hydrogen) atoms. The SMILES string of the molecule is CC1=CN(C)C([C@H]2CC[C@H]2c2nc3c(cnn3C3CCC(F)(F)CC3)c(=O)[nH]2)O1. The molecule has 9 heteroatoms. The van der Waals surface area contributed by atoms with Crippen LogP contribution in [0.2, 0.25) is 0 Å². The van der Waals surface area contributed by atoms with E-state index in [4.69, 9.17) is 9.72 Å². The first kappa shape index (κ1) is 18.6. The second-order valence-electron chi connectivity index (χ2n) is 8.63. The topological polar surface area (TPSA) is 76.0 Å². The van der Waals surface area contributed by atoms with Crippen molar-refractivity contribution in [3.8, 4) is 0 Å². The summed E-state index contributed by atoms with van der Waals surface area (Å²) in [5.74, 6) is -0.749. The maximum Gasteiger partial charge on any atom is 0.262 e. The average Bonchev–Trinajstić information content (AvgIpc) is 3.18. The van der Waals surface area contributed by atoms with E-state index >= 15 is 0 Å². The van der Waals surface area contributed by atoms with Gasteiger partial charge in [0.25, 0.3) is 5.56 Å². The van der Waals surface area contributed by atoms with E-state index in [1.807, 2.05) is 20.2 Å². The second kappa shape index (κ2) is 6.53. The fourth-order valence-corrected chi connectivity index (χ4v) is 4.93. The predicted molar refractivity (Wildman–Crippen MR) is 102 cm³/mol. The molecule has 2 aromatic heterocycles. The smallest absolute Gasteiger partial charge is 0.262 e. The van der Waals surface area contributed by atoms with Gasteiger partial charge >= 0.3 is 0 Å². The molecule has 0 aromatic carbocycles. The van der Waals surface area contributed by atoms with Gasteiger partial charge in [0.1, 0.15) is 17.0 Å². The monoisotopic (exact) mass is 405 g/mol. The van der Waals surface area contributed by atoms with Gasteiger partial charge in [-0.05, 0) is 32.6 Å². The summed E-state index contributed by atoms with van der Waals surface area (Å²) < 4.78 is 34.7. The van der Waals surface area contributed by atoms with E-state index in [2.05, 4.69) is 15.0 Å². The Bertz CT molecular complexity index is 1020. The first-order chi connectivity index (χ1) is 13.8. The number of fused-ring (bicyclic) bond motifs is 1. The molecule has 1 aliphatic heterocycles. The number of rotatable bonds is 3. The summed E-state index contributed by atoms with van der Waals surface area (Å²) in [7, 11) is 1.99. The zero-order valence-corrected chi connectivity index (χ0v) is 16.6. The van der Waals surface area contributed by atoms with Crippen LogP contribution in [0.5, 0.6) is 0 Å². The van der Waals surface area contributed by atoms with Gasteiger partial charge in [0.05, 0.1) is 12.2 Å². The highest BCUT2D eigenvalue weighted by Gasteiger charge is 2.44. The van der Waals surface area contributed by atoms with Crippen molar-refractivity contribution in [2.75, 3.05) is 7.05 Å². The predicted octanol–water partition coefficient (Wildman–Crippen LogP) is 3.51. The van der Waals surface area contributed by atoms with Gasteiger partial charge in [0, 0.05) is 37.9 Å². The third-order valence-electron chi connectivity index (χ3n) is 6.65. The molecule has 5 rings (SSSR count). The lowest BCUT2D eigenvalue weighted by molar-refractivity contribution is -0.0446. The van der Waals surface area contributed by atoms with Crippen molar-refractivity contribution in [2.24, 2.45) is 5.92 Å². The number of aromatic amines is 1. The molecule has 3 atom stereocenters. The summed E-state index contributed by atoms with van der Waals surface area (Å²) in [6, 6.07) is -0.150. The van der Waals surface area contributed by atoms with Crippen LogP contribution in [0.1, 0.15) is 63.2 Å². The van der Waals surface area contributed by atoms with Gasteiger partial charge in [0.15, 0.2) is 11.9 Å². The van der Waals surface area contributed by atoms with Crippen LogP contribution in [-0.2, 0) is 4.74 Å². The molecule has 0 radical (unpaired) electrons. The van der Waals surface area contributed by atoms with Crippen LogP contribution in [0.4, 0.5) is 8.78 Å². The summed E-state index contributed by atoms with van der Waals surface area (Å²) in [6.45, 7) is 1.93. The Kier molecular flexibility index (Phi) is 4.18. The van der Waals surface area contributed by atoms with E-state index < -0.39 is 5.92 Å². The number of hydrogen-bond acceptors (Lipinski definition) is 5. The van der Waals surface area contributed by atoms with Crippen molar-refractivity contribution in [1.82, 2.24) is 24.6 Å². The summed E-state index contributed by atoms with van der Waals surface area (Å²) in [6.07, 6.45) is 5.71. The Morgan fingerprint density at radius 3 is 2.62 bits per heavy atom. The van der Waals surface area contributed by atoms with Crippen LogP contribution >= 0.6 is 0 Å². The first-order valence-corrected chi connectivity index (χ1v) is 10.2. The third kappa shape index (κ3) is 3.11. The fraction of sp³-hybridized carbons (Fsp3) is 0.650. The van der Waals surface area contributed by atoms with E-state index in [1.54, 1.807) is 4.68 Å². The van der Waals surface area contributed by atoms with Gasteiger partial charge in [0.2, 0.25) is 5.92 Å². The first-order valence-electron chi connectivity index (χ1n) is 10.2. The Morgan fingerprint density at radius 1 is 1.24 bits per heavy atom. The number of alkyl halides is 2. The van der Waals surface area contributed by atoms with Gasteiger partial charge in [-0.1, -0.05) is 0 Å². The molecule has 0 amide bonds. The molecule has 1 unspecified atom stereocenters. The second-order valence-corrected chi connectivity index (χ2v) is 8.63. The average molecular weight is 405 g/mol. The van der Waals surface area contributed by atoms with Crippen molar-refractivity contribution in [3.63, 3.8) is 0 Å². The van der Waals surface area contributed by atoms with Crippen molar-refractivity contribution < 1.29 is 13.5 Å². The molecular weight excluding hydrogens is 380 g/mol. The summed E-state index contributed by atoms with van der Waals surface area (Å²) in [5.41, 5.74) is 0.276. The molecule has 0 bridgehead atoms. The molecule has 2 saturated carbocycles. The summed E-state index contributed by atoms with van der Waals surface area (Å²) >= 11 is 0. The largest absolute Gasteiger partial charge is 0.473 e. The maximum absolute atomic E-state index is 13.6. The molecule has 1 N–H and O–H groups in total. The highest BCUT2D eigenvalue weighted by atomic mass is 19.3. The highest BCUT2D eigenvalue weighted by molar-refractivity contribution is 5.73. The Balaban J connectivity index is 1.45. The van der Waals surface area contributed by atoms with Gasteiger partial charge in [-0.2, -0.15) is 5.10 Å². The number of H-pyrrole nitrogens is 1. The zero-order chi connectivity index (χ0) is 20.3. The van der Waals surface area contributed by atoms with E-state index in [0.29, 0.717) is 29.7 Å². The molecule has 2 aliphatic carbocycles. The zero-order valence-electron chi connectivity index (χ0n) is 16.6. The van der Waals surface area contributed by atoms with E-state index in [9.17, 15) is 13.6 Å². The lowest BCUT2D eigenvalue weighted by Gasteiger charge is -2.41. The van der Waals surface area contributed by atoms with Crippen LogP contribution in [0.3, 0.4) is 0 Å². The molecule has 0 spiro atoms. The standard InChI is InChI=1S/C20H25F2N5O2/c1-11-10-26(2)19(29-11)14-4-3-13(14)16-24-17-15(18(28)25-16)9-23-27(17)12-5-7-20(21,22)8-6-12/h9-10,12-14,19H,3-8H2,1-2H3,(H,24,25,28)/t13-,14+,19?/m1/s1. The van der Waals surface area contributed by atoms with Crippen LogP contribution in [-0.4, -0.2) is 43.8 Å². The summed E-state index contributed by atoms with van der Waals surface area (Å²) in [4.78, 5) is 22.4. The van der Waals surface area contributed by atoms with Crippen LogP contribution in [0.25, 0.3) is 11.0 Å². The third-order valence-corrected chi connectivity index (χ3v) is 6.65. The number of halogens is 2. The Hall–Kier alpha value is -2.45.